The maximum atomic E-state index is 6.26. The lowest BCUT2D eigenvalue weighted by Crippen LogP contribution is -2.61. The number of anilines is 1. The van der Waals surface area contributed by atoms with Gasteiger partial charge in [0, 0.05) is 12.7 Å². The molecule has 4 aliphatic heterocycles. The summed E-state index contributed by atoms with van der Waals surface area (Å²) in [5.41, 5.74) is -0.0266. The lowest BCUT2D eigenvalue weighted by Gasteiger charge is -2.50. The Morgan fingerprint density at radius 2 is 2.05 bits per heavy atom. The molecule has 2 bridgehead atoms. The maximum absolute atomic E-state index is 6.26. The molecule has 20 heavy (non-hydrogen) atoms. The maximum Gasteiger partial charge on any atom is 0.149 e. The van der Waals surface area contributed by atoms with E-state index in [2.05, 4.69) is 14.8 Å². The van der Waals surface area contributed by atoms with Crippen molar-refractivity contribution in [1.29, 1.82) is 0 Å². The Labute approximate surface area is 128 Å². The summed E-state index contributed by atoms with van der Waals surface area (Å²) in [6.07, 6.45) is 4.13. The molecule has 0 aromatic carbocycles. The molecule has 1 aromatic heterocycles. The Balaban J connectivity index is 1.58. The summed E-state index contributed by atoms with van der Waals surface area (Å²) in [6, 6.07) is 1.74. The summed E-state index contributed by atoms with van der Waals surface area (Å²) in [5.74, 6) is 1.45. The number of aromatic nitrogens is 1. The van der Waals surface area contributed by atoms with Crippen molar-refractivity contribution in [2.24, 2.45) is 5.92 Å². The van der Waals surface area contributed by atoms with Crippen molar-refractivity contribution in [2.45, 2.75) is 18.4 Å². The predicted molar refractivity (Wildman–Crippen MR) is 79.5 cm³/mol. The Kier molecular flexibility index (Phi) is 3.11. The monoisotopic (exact) mass is 313 g/mol. The highest BCUT2D eigenvalue weighted by molar-refractivity contribution is 6.36. The van der Waals surface area contributed by atoms with E-state index < -0.39 is 0 Å². The summed E-state index contributed by atoms with van der Waals surface area (Å²) >= 11 is 12.2. The fourth-order valence-corrected chi connectivity index (χ4v) is 4.36. The number of hydrogen-bond acceptors (Lipinski definition) is 4. The standard InChI is InChI=1S/C14H17Cl2N3O/c15-11-5-12(16)13(17-6-11)19-8-14(20-9-19)7-18-3-1-10(14)2-4-18/h5-6,10H,1-4,7-9H2/t14-/m1/s1. The predicted octanol–water partition coefficient (Wildman–Crippen LogP) is 2.65. The van der Waals surface area contributed by atoms with Crippen molar-refractivity contribution in [2.75, 3.05) is 37.8 Å². The molecule has 6 heteroatoms. The van der Waals surface area contributed by atoms with Gasteiger partial charge in [-0.05, 0) is 37.9 Å². The molecule has 0 saturated carbocycles. The van der Waals surface area contributed by atoms with Crippen LogP contribution in [0.2, 0.25) is 10.0 Å². The molecule has 4 nitrogen and oxygen atoms in total. The quantitative estimate of drug-likeness (QED) is 0.797. The van der Waals surface area contributed by atoms with Crippen LogP contribution in [0.4, 0.5) is 5.82 Å². The number of ether oxygens (including phenoxy) is 1. The summed E-state index contributed by atoms with van der Waals surface area (Å²) in [4.78, 5) is 9.02. The van der Waals surface area contributed by atoms with Gasteiger partial charge in [-0.2, -0.15) is 0 Å². The third-order valence-corrected chi connectivity index (χ3v) is 5.36. The largest absolute Gasteiger partial charge is 0.351 e. The van der Waals surface area contributed by atoms with Gasteiger partial charge in [-0.3, -0.25) is 0 Å². The molecule has 4 saturated heterocycles. The zero-order valence-corrected chi connectivity index (χ0v) is 12.7. The van der Waals surface area contributed by atoms with Crippen LogP contribution < -0.4 is 4.90 Å². The van der Waals surface area contributed by atoms with Gasteiger partial charge in [0.15, 0.2) is 0 Å². The van der Waals surface area contributed by atoms with Crippen LogP contribution in [0.25, 0.3) is 0 Å². The average molecular weight is 314 g/mol. The first kappa shape index (κ1) is 13.1. The second-order valence-corrected chi connectivity index (χ2v) is 6.89. The van der Waals surface area contributed by atoms with Crippen LogP contribution >= 0.6 is 23.2 Å². The van der Waals surface area contributed by atoms with Crippen LogP contribution in [0.3, 0.4) is 0 Å². The number of piperidine rings is 3. The molecule has 1 spiro atoms. The third-order valence-electron chi connectivity index (χ3n) is 4.88. The number of pyridine rings is 1. The minimum Gasteiger partial charge on any atom is -0.351 e. The van der Waals surface area contributed by atoms with E-state index in [0.29, 0.717) is 22.7 Å². The number of fused-ring (bicyclic) bond motifs is 2. The molecule has 0 radical (unpaired) electrons. The minimum absolute atomic E-state index is 0.0266. The highest BCUT2D eigenvalue weighted by atomic mass is 35.5. The molecule has 0 unspecified atom stereocenters. The summed E-state index contributed by atoms with van der Waals surface area (Å²) < 4.78 is 6.22. The van der Waals surface area contributed by atoms with E-state index in [-0.39, 0.29) is 5.60 Å². The minimum atomic E-state index is -0.0266. The van der Waals surface area contributed by atoms with Gasteiger partial charge in [-0.15, -0.1) is 0 Å². The van der Waals surface area contributed by atoms with Crippen molar-refractivity contribution >= 4 is 29.0 Å². The zero-order valence-electron chi connectivity index (χ0n) is 11.2. The van der Waals surface area contributed by atoms with E-state index in [1.807, 2.05) is 0 Å². The highest BCUT2D eigenvalue weighted by Gasteiger charge is 2.52. The Morgan fingerprint density at radius 3 is 2.70 bits per heavy atom. The lowest BCUT2D eigenvalue weighted by molar-refractivity contribution is -0.116. The van der Waals surface area contributed by atoms with Gasteiger partial charge in [0.2, 0.25) is 0 Å². The first-order valence-corrected chi connectivity index (χ1v) is 7.84. The van der Waals surface area contributed by atoms with Gasteiger partial charge in [-0.1, -0.05) is 23.2 Å². The second-order valence-electron chi connectivity index (χ2n) is 6.05. The molecule has 0 amide bonds. The first-order chi connectivity index (χ1) is 9.66. The van der Waals surface area contributed by atoms with E-state index >= 15 is 0 Å². The van der Waals surface area contributed by atoms with Gasteiger partial charge in [0.05, 0.1) is 16.6 Å². The van der Waals surface area contributed by atoms with Crippen LogP contribution in [0.5, 0.6) is 0 Å². The van der Waals surface area contributed by atoms with E-state index in [0.717, 1.165) is 18.9 Å². The fourth-order valence-electron chi connectivity index (χ4n) is 3.86. The third kappa shape index (κ3) is 2.01. The van der Waals surface area contributed by atoms with Crippen molar-refractivity contribution in [1.82, 2.24) is 9.88 Å². The van der Waals surface area contributed by atoms with Crippen LogP contribution in [-0.2, 0) is 4.74 Å². The van der Waals surface area contributed by atoms with E-state index in [1.165, 1.54) is 25.9 Å². The molecule has 4 aliphatic rings. The van der Waals surface area contributed by atoms with E-state index in [9.17, 15) is 0 Å². The molecule has 1 aromatic rings. The molecule has 0 aliphatic carbocycles. The van der Waals surface area contributed by atoms with Crippen LogP contribution in [0, 0.1) is 5.92 Å². The van der Waals surface area contributed by atoms with Gasteiger partial charge in [0.25, 0.3) is 0 Å². The van der Waals surface area contributed by atoms with Crippen LogP contribution in [0.15, 0.2) is 12.3 Å². The Bertz CT molecular complexity index is 533. The van der Waals surface area contributed by atoms with E-state index in [1.54, 1.807) is 12.3 Å². The Morgan fingerprint density at radius 1 is 1.25 bits per heavy atom. The SMILES string of the molecule is Clc1cnc(N2CO[C@]3(CN4CCC3CC4)C2)c(Cl)c1. The number of rotatable bonds is 1. The zero-order chi connectivity index (χ0) is 13.7. The van der Waals surface area contributed by atoms with Gasteiger partial charge in [-0.25, -0.2) is 4.98 Å². The number of nitrogens with zero attached hydrogens (tertiary/aromatic N) is 3. The topological polar surface area (TPSA) is 28.6 Å². The van der Waals surface area contributed by atoms with E-state index in [4.69, 9.17) is 27.9 Å². The smallest absolute Gasteiger partial charge is 0.149 e. The molecule has 5 rings (SSSR count). The fraction of sp³-hybridized carbons (Fsp3) is 0.643. The van der Waals surface area contributed by atoms with Crippen LogP contribution in [0.1, 0.15) is 12.8 Å². The van der Waals surface area contributed by atoms with Gasteiger partial charge >= 0.3 is 0 Å². The highest BCUT2D eigenvalue weighted by Crippen LogP contribution is 2.43. The summed E-state index contributed by atoms with van der Waals surface area (Å²) in [6.45, 7) is 4.92. The molecule has 4 fully saturated rings. The second kappa shape index (κ2) is 4.73. The molecular weight excluding hydrogens is 297 g/mol. The average Bonchev–Trinajstić information content (AvgIpc) is 2.83. The molecule has 1 atom stereocenters. The summed E-state index contributed by atoms with van der Waals surface area (Å²) in [5, 5.41) is 1.16. The first-order valence-electron chi connectivity index (χ1n) is 7.09. The van der Waals surface area contributed by atoms with Gasteiger partial charge in [0.1, 0.15) is 18.1 Å². The summed E-state index contributed by atoms with van der Waals surface area (Å²) in [7, 11) is 0. The molecule has 0 N–H and O–H groups in total. The number of halogens is 2. The van der Waals surface area contributed by atoms with Gasteiger partial charge < -0.3 is 14.5 Å². The van der Waals surface area contributed by atoms with Crippen molar-refractivity contribution in [3.63, 3.8) is 0 Å². The lowest BCUT2D eigenvalue weighted by atomic mass is 9.75. The molecular formula is C14H17Cl2N3O. The van der Waals surface area contributed by atoms with Crippen molar-refractivity contribution in [3.05, 3.63) is 22.3 Å². The van der Waals surface area contributed by atoms with Crippen molar-refractivity contribution in [3.8, 4) is 0 Å². The molecule has 5 heterocycles. The number of hydrogen-bond donors (Lipinski definition) is 0. The Hall–Kier alpha value is -0.550. The molecule has 108 valence electrons. The normalized spacial score (nSPS) is 36.0. The van der Waals surface area contributed by atoms with Crippen LogP contribution in [-0.4, -0.2) is 48.4 Å². The van der Waals surface area contributed by atoms with Crippen molar-refractivity contribution < 1.29 is 4.74 Å².